The largest absolute Gasteiger partial charge is 0.481 e. The lowest BCUT2D eigenvalue weighted by molar-refractivity contribution is -0.148. The maximum absolute atomic E-state index is 12.6. The predicted octanol–water partition coefficient (Wildman–Crippen LogP) is 7.76. The Bertz CT molecular complexity index is 935. The normalized spacial score (nSPS) is 12.0. The summed E-state index contributed by atoms with van der Waals surface area (Å²) in [5, 5.41) is 28.4. The fraction of sp³-hybridized carbons (Fsp3) is 0.850. The molecule has 14 heteroatoms. The standard InChI is InChI=1S/C40H74N4O10/c1-3-5-7-9-11-13-15-17-19-23-31-53-37(49)33(25-27-35(45)46)43-39(51)41-29-21-22-30-42-40(52)44-34(26-28-36(47)48)38(50)54-32-24-20-18-16-14-12-10-8-6-4-2/h33-34H,3-32H2,1-2H3,(H,45,46)(H,47,48)(H2,41,43,51)(H2,42,44,52)/t33-,34-/m0/s1. The molecule has 314 valence electrons. The summed E-state index contributed by atoms with van der Waals surface area (Å²) in [5.41, 5.74) is 0. The number of esters is 2. The van der Waals surface area contributed by atoms with Gasteiger partial charge in [-0.3, -0.25) is 9.59 Å². The monoisotopic (exact) mass is 771 g/mol. The molecule has 0 fully saturated rings. The van der Waals surface area contributed by atoms with Gasteiger partial charge in [-0.05, 0) is 38.5 Å². The van der Waals surface area contributed by atoms with E-state index in [-0.39, 0.29) is 52.0 Å². The average molecular weight is 771 g/mol. The number of hydrogen-bond acceptors (Lipinski definition) is 8. The van der Waals surface area contributed by atoms with Gasteiger partial charge in [0.15, 0.2) is 0 Å². The van der Waals surface area contributed by atoms with E-state index in [9.17, 15) is 28.8 Å². The van der Waals surface area contributed by atoms with Crippen LogP contribution in [-0.4, -0.2) is 84.5 Å². The molecule has 4 amide bonds. The highest BCUT2D eigenvalue weighted by Crippen LogP contribution is 2.12. The van der Waals surface area contributed by atoms with Crippen molar-refractivity contribution in [3.05, 3.63) is 0 Å². The van der Waals surface area contributed by atoms with E-state index in [4.69, 9.17) is 19.7 Å². The molecule has 14 nitrogen and oxygen atoms in total. The Hall–Kier alpha value is -3.58. The Morgan fingerprint density at radius 1 is 0.444 bits per heavy atom. The van der Waals surface area contributed by atoms with Crippen molar-refractivity contribution in [1.82, 2.24) is 21.3 Å². The van der Waals surface area contributed by atoms with Crippen LogP contribution in [0.15, 0.2) is 0 Å². The number of unbranched alkanes of at least 4 members (excludes halogenated alkanes) is 19. The second kappa shape index (κ2) is 36.4. The number of amides is 4. The van der Waals surface area contributed by atoms with Gasteiger partial charge in [-0.15, -0.1) is 0 Å². The van der Waals surface area contributed by atoms with Crippen molar-refractivity contribution in [2.75, 3.05) is 26.3 Å². The highest BCUT2D eigenvalue weighted by atomic mass is 16.5. The lowest BCUT2D eigenvalue weighted by Crippen LogP contribution is -2.47. The van der Waals surface area contributed by atoms with Crippen molar-refractivity contribution in [1.29, 1.82) is 0 Å². The van der Waals surface area contributed by atoms with Gasteiger partial charge in [-0.2, -0.15) is 0 Å². The molecule has 0 heterocycles. The number of carbonyl (C=O) groups is 6. The van der Waals surface area contributed by atoms with Crippen LogP contribution < -0.4 is 21.3 Å². The number of carboxylic acid groups (broad SMARTS) is 2. The Kier molecular flexibility index (Phi) is 34.0. The van der Waals surface area contributed by atoms with Crippen LogP contribution in [0.25, 0.3) is 0 Å². The second-order valence-corrected chi connectivity index (χ2v) is 14.2. The van der Waals surface area contributed by atoms with Gasteiger partial charge in [0.1, 0.15) is 12.1 Å². The third-order valence-corrected chi connectivity index (χ3v) is 9.13. The molecule has 0 saturated heterocycles. The summed E-state index contributed by atoms with van der Waals surface area (Å²) < 4.78 is 10.7. The molecule has 0 saturated carbocycles. The first-order valence-corrected chi connectivity index (χ1v) is 21.0. The summed E-state index contributed by atoms with van der Waals surface area (Å²) in [6.45, 7) is 5.28. The quantitative estimate of drug-likeness (QED) is 0.0267. The van der Waals surface area contributed by atoms with Crippen molar-refractivity contribution in [2.24, 2.45) is 0 Å². The molecule has 0 rings (SSSR count). The molecule has 0 aromatic carbocycles. The molecule has 0 bridgehead atoms. The van der Waals surface area contributed by atoms with Gasteiger partial charge in [0, 0.05) is 25.9 Å². The number of carbonyl (C=O) groups excluding carboxylic acids is 4. The Labute approximate surface area is 324 Å². The number of urea groups is 2. The number of carboxylic acids is 2. The molecule has 0 aliphatic rings. The van der Waals surface area contributed by atoms with E-state index >= 15 is 0 Å². The van der Waals surface area contributed by atoms with E-state index in [1.54, 1.807) is 0 Å². The van der Waals surface area contributed by atoms with Crippen molar-refractivity contribution < 1.29 is 48.5 Å². The first kappa shape index (κ1) is 50.4. The van der Waals surface area contributed by atoms with E-state index in [1.165, 1.54) is 77.0 Å². The lowest BCUT2D eigenvalue weighted by Gasteiger charge is -2.18. The van der Waals surface area contributed by atoms with Gasteiger partial charge < -0.3 is 41.0 Å². The number of rotatable bonds is 37. The van der Waals surface area contributed by atoms with Crippen molar-refractivity contribution in [3.8, 4) is 0 Å². The van der Waals surface area contributed by atoms with Crippen LogP contribution in [0.1, 0.15) is 181 Å². The third-order valence-electron chi connectivity index (χ3n) is 9.13. The maximum Gasteiger partial charge on any atom is 0.328 e. The first-order valence-electron chi connectivity index (χ1n) is 21.0. The highest BCUT2D eigenvalue weighted by molar-refractivity contribution is 5.84. The molecule has 0 aromatic rings. The molecule has 0 aromatic heterocycles. The topological polar surface area (TPSA) is 209 Å². The van der Waals surface area contributed by atoms with Gasteiger partial charge in [-0.1, -0.05) is 129 Å². The molecule has 0 spiro atoms. The molecular weight excluding hydrogens is 696 g/mol. The summed E-state index contributed by atoms with van der Waals surface area (Å²) >= 11 is 0. The average Bonchev–Trinajstić information content (AvgIpc) is 3.14. The van der Waals surface area contributed by atoms with Gasteiger partial charge in [0.25, 0.3) is 0 Å². The minimum Gasteiger partial charge on any atom is -0.481 e. The van der Waals surface area contributed by atoms with Crippen LogP contribution in [-0.2, 0) is 28.7 Å². The van der Waals surface area contributed by atoms with Gasteiger partial charge in [0.2, 0.25) is 0 Å². The van der Waals surface area contributed by atoms with Crippen LogP contribution in [0.3, 0.4) is 0 Å². The molecule has 54 heavy (non-hydrogen) atoms. The number of nitrogens with one attached hydrogen (secondary N) is 4. The molecule has 6 N–H and O–H groups in total. The van der Waals surface area contributed by atoms with E-state index in [0.29, 0.717) is 25.7 Å². The van der Waals surface area contributed by atoms with Gasteiger partial charge in [-0.25, -0.2) is 19.2 Å². The molecule has 0 radical (unpaired) electrons. The number of ether oxygens (including phenoxy) is 2. The van der Waals surface area contributed by atoms with E-state index in [1.807, 2.05) is 0 Å². The van der Waals surface area contributed by atoms with Gasteiger partial charge >= 0.3 is 35.9 Å². The molecular formula is C40H74N4O10. The van der Waals surface area contributed by atoms with E-state index in [2.05, 4.69) is 35.1 Å². The van der Waals surface area contributed by atoms with Crippen LogP contribution in [0, 0.1) is 0 Å². The zero-order valence-corrected chi connectivity index (χ0v) is 33.5. The highest BCUT2D eigenvalue weighted by Gasteiger charge is 2.24. The summed E-state index contributed by atoms with van der Waals surface area (Å²) in [5.74, 6) is -3.50. The van der Waals surface area contributed by atoms with E-state index in [0.717, 1.165) is 38.5 Å². The summed E-state index contributed by atoms with van der Waals surface area (Å²) in [6, 6.07) is -3.45. The lowest BCUT2D eigenvalue weighted by atomic mass is 10.1. The van der Waals surface area contributed by atoms with Crippen molar-refractivity contribution in [3.63, 3.8) is 0 Å². The molecule has 0 aliphatic heterocycles. The molecule has 2 atom stereocenters. The Morgan fingerprint density at radius 2 is 0.741 bits per heavy atom. The smallest absolute Gasteiger partial charge is 0.328 e. The van der Waals surface area contributed by atoms with E-state index < -0.39 is 48.0 Å². The Balaban J connectivity index is 4.34. The fourth-order valence-electron chi connectivity index (χ4n) is 5.83. The zero-order valence-electron chi connectivity index (χ0n) is 33.5. The second-order valence-electron chi connectivity index (χ2n) is 14.2. The van der Waals surface area contributed by atoms with Gasteiger partial charge in [0.05, 0.1) is 13.2 Å². The predicted molar refractivity (Wildman–Crippen MR) is 209 cm³/mol. The summed E-state index contributed by atoms with van der Waals surface area (Å²) in [7, 11) is 0. The number of hydrogen-bond donors (Lipinski definition) is 6. The SMILES string of the molecule is CCCCCCCCCCCCOC(=O)[C@H](CCC(=O)O)NC(=O)NCCCCNC(=O)N[C@@H](CCC(=O)O)C(=O)OCCCCCCCCCCCC. The van der Waals surface area contributed by atoms with Crippen LogP contribution >= 0.6 is 0 Å². The van der Waals surface area contributed by atoms with Crippen molar-refractivity contribution in [2.45, 2.75) is 193 Å². The third kappa shape index (κ3) is 33.0. The zero-order chi connectivity index (χ0) is 40.1. The van der Waals surface area contributed by atoms with Crippen LogP contribution in [0.5, 0.6) is 0 Å². The Morgan fingerprint density at radius 3 is 1.04 bits per heavy atom. The maximum atomic E-state index is 12.6. The minimum atomic E-state index is -1.09. The van der Waals surface area contributed by atoms with Crippen LogP contribution in [0.4, 0.5) is 9.59 Å². The van der Waals surface area contributed by atoms with Crippen LogP contribution in [0.2, 0.25) is 0 Å². The molecule has 0 aliphatic carbocycles. The summed E-state index contributed by atoms with van der Waals surface area (Å²) in [6.07, 6.45) is 23.0. The van der Waals surface area contributed by atoms with Crippen molar-refractivity contribution >= 4 is 35.9 Å². The minimum absolute atomic E-state index is 0.0983. The number of aliphatic carboxylic acids is 2. The fourth-order valence-corrected chi connectivity index (χ4v) is 5.83. The first-order chi connectivity index (χ1) is 26.1. The summed E-state index contributed by atoms with van der Waals surface area (Å²) in [4.78, 5) is 72.3. The molecule has 0 unspecified atom stereocenters.